The third-order valence-corrected chi connectivity index (χ3v) is 9.60. The Hall–Kier alpha value is -6.77. The number of aliphatic imine (C=N–C) groups is 1. The van der Waals surface area contributed by atoms with Gasteiger partial charge in [-0.15, -0.1) is 0 Å². The Morgan fingerprint density at radius 1 is 0.415 bits per heavy atom. The van der Waals surface area contributed by atoms with Crippen molar-refractivity contribution in [1.82, 2.24) is 0 Å². The Balaban J connectivity index is 1.12. The normalized spacial score (nSPS) is 11.4. The number of benzene rings is 8. The van der Waals surface area contributed by atoms with E-state index in [1.54, 1.807) is 0 Å². The van der Waals surface area contributed by atoms with Crippen LogP contribution in [-0.4, -0.2) is 6.21 Å². The van der Waals surface area contributed by atoms with Gasteiger partial charge in [0.25, 0.3) is 0 Å². The van der Waals surface area contributed by atoms with Crippen LogP contribution in [0.4, 0.5) is 22.7 Å². The lowest BCUT2D eigenvalue weighted by molar-refractivity contribution is 1.25. The Labute approximate surface area is 312 Å². The van der Waals surface area contributed by atoms with Crippen molar-refractivity contribution < 1.29 is 0 Å². The van der Waals surface area contributed by atoms with E-state index in [9.17, 15) is 0 Å². The molecule has 53 heavy (non-hydrogen) atoms. The summed E-state index contributed by atoms with van der Waals surface area (Å²) >= 11 is 0. The van der Waals surface area contributed by atoms with Crippen LogP contribution in [0.2, 0.25) is 0 Å². The summed E-state index contributed by atoms with van der Waals surface area (Å²) < 4.78 is 0. The van der Waals surface area contributed by atoms with Crippen LogP contribution in [0.5, 0.6) is 0 Å². The molecule has 0 bridgehead atoms. The fraction of sp³-hybridized carbons (Fsp3) is 0.0392. The predicted molar refractivity (Wildman–Crippen MR) is 227 cm³/mol. The van der Waals surface area contributed by atoms with Gasteiger partial charge in [-0.25, -0.2) is 0 Å². The summed E-state index contributed by atoms with van der Waals surface area (Å²) in [7, 11) is 0. The Kier molecular flexibility index (Phi) is 10.1. The topological polar surface area (TPSA) is 15.6 Å². The predicted octanol–water partition coefficient (Wildman–Crippen LogP) is 14.2. The van der Waals surface area contributed by atoms with Crippen molar-refractivity contribution in [3.05, 3.63) is 218 Å². The lowest BCUT2D eigenvalue weighted by Crippen LogP contribution is -2.10. The number of rotatable bonds is 11. The van der Waals surface area contributed by atoms with Crippen LogP contribution in [0.1, 0.15) is 12.0 Å². The first-order valence-corrected chi connectivity index (χ1v) is 18.2. The first-order chi connectivity index (χ1) is 26.3. The van der Waals surface area contributed by atoms with E-state index in [1.807, 2.05) is 36.5 Å². The number of allylic oxidation sites excluding steroid dienone is 2. The molecule has 0 radical (unpaired) electrons. The second-order valence-electron chi connectivity index (χ2n) is 13.1. The minimum atomic E-state index is 0.807. The van der Waals surface area contributed by atoms with Gasteiger partial charge in [0.1, 0.15) is 0 Å². The Morgan fingerprint density at radius 2 is 0.943 bits per heavy atom. The largest absolute Gasteiger partial charge is 0.310 e. The zero-order valence-electron chi connectivity index (χ0n) is 29.6. The van der Waals surface area contributed by atoms with E-state index in [4.69, 9.17) is 0 Å². The summed E-state index contributed by atoms with van der Waals surface area (Å²) in [5.74, 6) is 0. The monoisotopic (exact) mass is 680 g/mol. The molecule has 8 aromatic rings. The zero-order valence-corrected chi connectivity index (χ0v) is 29.6. The fourth-order valence-corrected chi connectivity index (χ4v) is 6.95. The fourth-order valence-electron chi connectivity index (χ4n) is 6.95. The summed E-state index contributed by atoms with van der Waals surface area (Å²) in [4.78, 5) is 6.93. The van der Waals surface area contributed by atoms with Crippen molar-refractivity contribution in [2.24, 2.45) is 4.99 Å². The molecule has 8 rings (SSSR count). The van der Waals surface area contributed by atoms with Crippen molar-refractivity contribution in [2.45, 2.75) is 12.8 Å². The van der Waals surface area contributed by atoms with E-state index in [1.165, 1.54) is 49.7 Å². The maximum absolute atomic E-state index is 4.54. The van der Waals surface area contributed by atoms with Crippen molar-refractivity contribution in [1.29, 1.82) is 0 Å². The summed E-state index contributed by atoms with van der Waals surface area (Å²) in [6.07, 6.45) is 8.07. The zero-order chi connectivity index (χ0) is 35.7. The molecule has 0 aromatic heterocycles. The molecule has 2 heteroatoms. The molecule has 0 amide bonds. The Morgan fingerprint density at radius 3 is 1.58 bits per heavy atom. The number of nitrogens with zero attached hydrogens (tertiary/aromatic N) is 2. The highest BCUT2D eigenvalue weighted by atomic mass is 15.1. The summed E-state index contributed by atoms with van der Waals surface area (Å²) in [6.45, 7) is 0. The number of fused-ring (bicyclic) bond motifs is 1. The van der Waals surface area contributed by atoms with E-state index in [0.29, 0.717) is 0 Å². The molecule has 2 nitrogen and oxygen atoms in total. The van der Waals surface area contributed by atoms with Gasteiger partial charge in [-0.3, -0.25) is 4.99 Å². The molecule has 0 aliphatic rings. The maximum Gasteiger partial charge on any atom is 0.0625 e. The second-order valence-corrected chi connectivity index (χ2v) is 13.1. The molecule has 0 fully saturated rings. The molecule has 254 valence electrons. The standard InChI is InChI=1S/C51H40N2/c1-6-18-40(19-7-1)42-29-33-46(34-30-42)53(47-35-31-43(32-36-47)41-20-8-2-9-21-41)51-28-15-26-49-48(25-14-27-50(49)51)44-22-13-17-39(38-44)16-5-4-12-37-52-45-23-10-3-11-24-45/h1-11,13-15,17-38H,12,16H2/b5-4-,52-37+. The Bertz CT molecular complexity index is 2380. The molecule has 0 saturated carbocycles. The molecule has 8 aromatic carbocycles. The van der Waals surface area contributed by atoms with Crippen LogP contribution in [-0.2, 0) is 6.42 Å². The van der Waals surface area contributed by atoms with Gasteiger partial charge in [0.15, 0.2) is 0 Å². The molecule has 0 aliphatic heterocycles. The van der Waals surface area contributed by atoms with Gasteiger partial charge in [0.05, 0.1) is 11.4 Å². The molecule has 0 aliphatic carbocycles. The molecular formula is C51H40N2. The molecule has 0 heterocycles. The molecule has 0 unspecified atom stereocenters. The molecule has 0 spiro atoms. The summed E-state index contributed by atoms with van der Waals surface area (Å²) in [6, 6.07) is 71.4. The van der Waals surface area contributed by atoms with Crippen LogP contribution in [0.25, 0.3) is 44.2 Å². The second kappa shape index (κ2) is 16.1. The van der Waals surface area contributed by atoms with Crippen molar-refractivity contribution in [3.8, 4) is 33.4 Å². The molecule has 0 N–H and O–H groups in total. The number of para-hydroxylation sites is 1. The van der Waals surface area contributed by atoms with Crippen molar-refractivity contribution >= 4 is 39.7 Å². The minimum absolute atomic E-state index is 0.807. The number of hydrogen-bond acceptors (Lipinski definition) is 2. The number of anilines is 3. The SMILES string of the molecule is C(=C/Cc1cccc(-c2cccc3c(N(c4ccc(-c5ccccc5)cc4)c4ccc(-c5ccccc5)cc4)cccc23)c1)/C/C=N/c1ccccc1. The highest BCUT2D eigenvalue weighted by Crippen LogP contribution is 2.42. The average molecular weight is 681 g/mol. The lowest BCUT2D eigenvalue weighted by atomic mass is 9.95. The van der Waals surface area contributed by atoms with Gasteiger partial charge in [0.2, 0.25) is 0 Å². The quantitative estimate of drug-likeness (QED) is 0.0981. The van der Waals surface area contributed by atoms with Gasteiger partial charge >= 0.3 is 0 Å². The average Bonchev–Trinajstić information content (AvgIpc) is 3.24. The first-order valence-electron chi connectivity index (χ1n) is 18.2. The summed E-state index contributed by atoms with van der Waals surface area (Å²) in [5, 5.41) is 2.42. The van der Waals surface area contributed by atoms with Crippen LogP contribution in [0.3, 0.4) is 0 Å². The molecule has 0 saturated heterocycles. The van der Waals surface area contributed by atoms with Crippen LogP contribution in [0, 0.1) is 0 Å². The highest BCUT2D eigenvalue weighted by Gasteiger charge is 2.17. The highest BCUT2D eigenvalue weighted by molar-refractivity contribution is 6.05. The summed E-state index contributed by atoms with van der Waals surface area (Å²) in [5.41, 5.74) is 12.9. The molecule has 0 atom stereocenters. The van der Waals surface area contributed by atoms with Gasteiger partial charge in [-0.2, -0.15) is 0 Å². The maximum atomic E-state index is 4.54. The van der Waals surface area contributed by atoms with Gasteiger partial charge < -0.3 is 4.90 Å². The number of hydrogen-bond donors (Lipinski definition) is 0. The van der Waals surface area contributed by atoms with E-state index in [0.717, 1.165) is 35.6 Å². The molecular weight excluding hydrogens is 641 g/mol. The minimum Gasteiger partial charge on any atom is -0.310 e. The van der Waals surface area contributed by atoms with Gasteiger partial charge in [-0.1, -0.05) is 170 Å². The van der Waals surface area contributed by atoms with Crippen LogP contribution in [0.15, 0.2) is 217 Å². The first kappa shape index (κ1) is 33.4. The van der Waals surface area contributed by atoms with E-state index < -0.39 is 0 Å². The van der Waals surface area contributed by atoms with Crippen molar-refractivity contribution in [3.63, 3.8) is 0 Å². The van der Waals surface area contributed by atoms with Gasteiger partial charge in [0, 0.05) is 29.4 Å². The smallest absolute Gasteiger partial charge is 0.0625 e. The van der Waals surface area contributed by atoms with Gasteiger partial charge in [-0.05, 0) is 93.2 Å². The lowest BCUT2D eigenvalue weighted by Gasteiger charge is -2.27. The van der Waals surface area contributed by atoms with E-state index in [-0.39, 0.29) is 0 Å². The van der Waals surface area contributed by atoms with Crippen LogP contribution >= 0.6 is 0 Å². The third-order valence-electron chi connectivity index (χ3n) is 9.60. The van der Waals surface area contributed by atoms with Crippen LogP contribution < -0.4 is 4.90 Å². The van der Waals surface area contributed by atoms with E-state index in [2.05, 4.69) is 192 Å². The third kappa shape index (κ3) is 7.78. The van der Waals surface area contributed by atoms with Crippen molar-refractivity contribution in [2.75, 3.05) is 4.90 Å². The van der Waals surface area contributed by atoms with E-state index >= 15 is 0 Å².